The molecule has 0 amide bonds. The lowest BCUT2D eigenvalue weighted by Crippen LogP contribution is -2.31. The Morgan fingerprint density at radius 1 is 0.886 bits per heavy atom. The van der Waals surface area contributed by atoms with Crippen molar-refractivity contribution in [2.45, 2.75) is 97.8 Å². The van der Waals surface area contributed by atoms with Crippen LogP contribution in [0.1, 0.15) is 107 Å². The van der Waals surface area contributed by atoms with Crippen molar-refractivity contribution in [3.05, 3.63) is 64.8 Å². The fraction of sp³-hybridized carbons (Fsp3) is 0.559. The summed E-state index contributed by atoms with van der Waals surface area (Å²) in [5.41, 5.74) is 8.63. The minimum absolute atomic E-state index is 0.526. The molecule has 2 atom stereocenters. The Labute approximate surface area is 214 Å². The van der Waals surface area contributed by atoms with Gasteiger partial charge in [-0.2, -0.15) is 0 Å². The summed E-state index contributed by atoms with van der Waals surface area (Å²) in [4.78, 5) is 0. The number of aryl methyl sites for hydroxylation is 2. The van der Waals surface area contributed by atoms with Crippen molar-refractivity contribution in [2.75, 3.05) is 0 Å². The maximum absolute atomic E-state index is 2.48. The summed E-state index contributed by atoms with van der Waals surface area (Å²) >= 11 is 0. The van der Waals surface area contributed by atoms with E-state index in [1.165, 1.54) is 95.7 Å². The molecule has 1 heteroatoms. The van der Waals surface area contributed by atoms with E-state index in [2.05, 4.69) is 88.8 Å². The second-order valence-electron chi connectivity index (χ2n) is 12.6. The Morgan fingerprint density at radius 3 is 2.31 bits per heavy atom. The lowest BCUT2D eigenvalue weighted by atomic mass is 9.67. The van der Waals surface area contributed by atoms with Gasteiger partial charge in [0, 0.05) is 6.07 Å². The summed E-state index contributed by atoms with van der Waals surface area (Å²) in [5.74, 6) is 4.07. The first-order valence-corrected chi connectivity index (χ1v) is 14.4. The van der Waals surface area contributed by atoms with Crippen LogP contribution in [0.5, 0.6) is 0 Å². The third-order valence-electron chi connectivity index (χ3n) is 9.28. The van der Waals surface area contributed by atoms with Gasteiger partial charge in [-0.3, -0.25) is 0 Å². The third-order valence-corrected chi connectivity index (χ3v) is 9.28. The maximum Gasteiger partial charge on any atom is 0.220 e. The zero-order chi connectivity index (χ0) is 24.7. The molecule has 2 bridgehead atoms. The van der Waals surface area contributed by atoms with Crippen molar-refractivity contribution in [3.8, 4) is 11.3 Å². The zero-order valence-corrected chi connectivity index (χ0v) is 23.0. The molecule has 0 spiro atoms. The molecule has 2 saturated carbocycles. The van der Waals surface area contributed by atoms with Crippen molar-refractivity contribution in [3.63, 3.8) is 0 Å². The van der Waals surface area contributed by atoms with Gasteiger partial charge in [0.2, 0.25) is 5.69 Å². The van der Waals surface area contributed by atoms with Gasteiger partial charge in [0.15, 0.2) is 6.20 Å². The van der Waals surface area contributed by atoms with Crippen LogP contribution in [0.3, 0.4) is 0 Å². The minimum atomic E-state index is 0.526. The SMILES string of the molecule is Cc1c(-c2c3ccc(CCC4CC5CCCC(C5)C4)cc3cc[n+]2C)cc(C(C)C)cc1C(C)C. The normalized spacial score (nSPS) is 22.3. The molecule has 35 heavy (non-hydrogen) atoms. The predicted octanol–water partition coefficient (Wildman–Crippen LogP) is 9.04. The lowest BCUT2D eigenvalue weighted by Gasteiger charge is -2.39. The smallest absolute Gasteiger partial charge is 0.200 e. The Morgan fingerprint density at radius 2 is 1.63 bits per heavy atom. The summed E-state index contributed by atoms with van der Waals surface area (Å²) in [6.45, 7) is 11.6. The van der Waals surface area contributed by atoms with Crippen LogP contribution in [0.15, 0.2) is 42.6 Å². The van der Waals surface area contributed by atoms with Crippen LogP contribution in [-0.4, -0.2) is 0 Å². The number of nitrogens with zero attached hydrogens (tertiary/aromatic N) is 1. The topological polar surface area (TPSA) is 3.88 Å². The molecular weight excluding hydrogens is 422 g/mol. The van der Waals surface area contributed by atoms with Gasteiger partial charge < -0.3 is 0 Å². The highest BCUT2D eigenvalue weighted by Gasteiger charge is 2.31. The number of hydrogen-bond acceptors (Lipinski definition) is 0. The molecule has 2 aromatic carbocycles. The zero-order valence-electron chi connectivity index (χ0n) is 23.0. The fourth-order valence-electron chi connectivity index (χ4n) is 7.33. The summed E-state index contributed by atoms with van der Waals surface area (Å²) < 4.78 is 2.33. The Bertz CT molecular complexity index is 1190. The number of aromatic nitrogens is 1. The maximum atomic E-state index is 2.48. The van der Waals surface area contributed by atoms with Gasteiger partial charge in [-0.05, 0) is 108 Å². The van der Waals surface area contributed by atoms with Crippen molar-refractivity contribution in [1.82, 2.24) is 0 Å². The van der Waals surface area contributed by atoms with Crippen molar-refractivity contribution in [1.29, 1.82) is 0 Å². The molecule has 0 saturated heterocycles. The first-order chi connectivity index (χ1) is 16.8. The molecule has 2 fully saturated rings. The van der Waals surface area contributed by atoms with Crippen molar-refractivity contribution < 1.29 is 4.57 Å². The van der Waals surface area contributed by atoms with E-state index >= 15 is 0 Å². The minimum Gasteiger partial charge on any atom is -0.200 e. The van der Waals surface area contributed by atoms with E-state index in [4.69, 9.17) is 0 Å². The molecule has 1 aromatic heterocycles. The number of rotatable bonds is 6. The van der Waals surface area contributed by atoms with Crippen LogP contribution in [-0.2, 0) is 13.5 Å². The first kappa shape index (κ1) is 24.5. The molecule has 186 valence electrons. The average Bonchev–Trinajstić information content (AvgIpc) is 2.82. The number of hydrogen-bond donors (Lipinski definition) is 0. The van der Waals surface area contributed by atoms with Crippen LogP contribution in [0.25, 0.3) is 22.0 Å². The quantitative estimate of drug-likeness (QED) is 0.318. The predicted molar refractivity (Wildman–Crippen MR) is 150 cm³/mol. The van der Waals surface area contributed by atoms with Gasteiger partial charge in [-0.25, -0.2) is 4.57 Å². The Balaban J connectivity index is 1.46. The molecule has 2 aliphatic carbocycles. The van der Waals surface area contributed by atoms with E-state index in [9.17, 15) is 0 Å². The van der Waals surface area contributed by atoms with E-state index in [-0.39, 0.29) is 0 Å². The van der Waals surface area contributed by atoms with Gasteiger partial charge >= 0.3 is 0 Å². The second kappa shape index (κ2) is 10.1. The molecule has 3 aromatic rings. The molecule has 1 nitrogen and oxygen atoms in total. The number of fused-ring (bicyclic) bond motifs is 3. The molecule has 2 unspecified atom stereocenters. The summed E-state index contributed by atoms with van der Waals surface area (Å²) in [5, 5.41) is 2.77. The van der Waals surface area contributed by atoms with Crippen molar-refractivity contribution >= 4 is 10.8 Å². The van der Waals surface area contributed by atoms with Crippen LogP contribution >= 0.6 is 0 Å². The summed E-state index contributed by atoms with van der Waals surface area (Å²) in [6, 6.07) is 14.5. The largest absolute Gasteiger partial charge is 0.220 e. The van der Waals surface area contributed by atoms with Gasteiger partial charge in [0.25, 0.3) is 0 Å². The van der Waals surface area contributed by atoms with Gasteiger partial charge in [-0.15, -0.1) is 0 Å². The highest BCUT2D eigenvalue weighted by atomic mass is 14.9. The standard InChI is InChI=1S/C34H46N/c1-22(2)30-20-32(23(3)4)24(5)33(21-30)34-31-13-12-25(19-29(31)14-15-35(34)6)10-11-28-17-26-8-7-9-27(16-26)18-28/h12-15,19-23,26-28H,7-11,16-18H2,1-6H3/q+1. The lowest BCUT2D eigenvalue weighted by molar-refractivity contribution is -0.659. The van der Waals surface area contributed by atoms with Crippen molar-refractivity contribution in [2.24, 2.45) is 24.8 Å². The molecule has 0 radical (unpaired) electrons. The summed E-state index contributed by atoms with van der Waals surface area (Å²) in [6.07, 6.45) is 13.9. The fourth-order valence-corrected chi connectivity index (χ4v) is 7.33. The Hall–Kier alpha value is -2.15. The van der Waals surface area contributed by atoms with Crippen LogP contribution in [0.4, 0.5) is 0 Å². The first-order valence-electron chi connectivity index (χ1n) is 14.4. The molecule has 0 aliphatic heterocycles. The molecule has 5 rings (SSSR count). The number of benzene rings is 2. The van der Waals surface area contributed by atoms with E-state index in [0.29, 0.717) is 11.8 Å². The van der Waals surface area contributed by atoms with Crippen LogP contribution in [0, 0.1) is 24.7 Å². The molecule has 0 N–H and O–H groups in total. The molecule has 2 aliphatic rings. The van der Waals surface area contributed by atoms with Gasteiger partial charge in [-0.1, -0.05) is 65.2 Å². The van der Waals surface area contributed by atoms with Gasteiger partial charge in [0.1, 0.15) is 7.05 Å². The third kappa shape index (κ3) is 5.07. The highest BCUT2D eigenvalue weighted by molar-refractivity contribution is 5.94. The van der Waals surface area contributed by atoms with E-state index in [1.54, 1.807) is 0 Å². The van der Waals surface area contributed by atoms with Crippen LogP contribution < -0.4 is 4.57 Å². The highest BCUT2D eigenvalue weighted by Crippen LogP contribution is 2.44. The van der Waals surface area contributed by atoms with E-state index in [0.717, 1.165) is 17.8 Å². The molecule has 1 heterocycles. The van der Waals surface area contributed by atoms with E-state index in [1.807, 2.05) is 0 Å². The summed E-state index contributed by atoms with van der Waals surface area (Å²) in [7, 11) is 2.21. The second-order valence-corrected chi connectivity index (χ2v) is 12.6. The molecular formula is C34H46N+. The number of pyridine rings is 1. The monoisotopic (exact) mass is 468 g/mol. The average molecular weight is 469 g/mol. The van der Waals surface area contributed by atoms with Gasteiger partial charge in [0.05, 0.1) is 10.9 Å². The van der Waals surface area contributed by atoms with Crippen LogP contribution in [0.2, 0.25) is 0 Å². The Kier molecular flexibility index (Phi) is 7.06. The van der Waals surface area contributed by atoms with E-state index < -0.39 is 0 Å².